The Labute approximate surface area is 601 Å². The van der Waals surface area contributed by atoms with Crippen LogP contribution in [0.25, 0.3) is 11.1 Å². The number of hydrogen-bond donors (Lipinski definition) is 0. The fraction of sp³-hybridized carbons (Fsp3) is 0.242. The van der Waals surface area contributed by atoms with Crippen molar-refractivity contribution in [2.24, 2.45) is 0 Å². The lowest BCUT2D eigenvalue weighted by atomic mass is 9.67. The lowest BCUT2D eigenvalue weighted by molar-refractivity contribution is -0.288. The summed E-state index contributed by atoms with van der Waals surface area (Å²) in [5.41, 5.74) is 22.0. The Morgan fingerprint density at radius 1 is 0.248 bits per heavy atom. The number of halogens is 6. The minimum Gasteiger partial charge on any atom is -0.169 e. The molecule has 0 spiro atoms. The average Bonchev–Trinajstić information content (AvgIpc) is 1.64. The monoisotopic (exact) mass is 1360 g/mol. The van der Waals surface area contributed by atoms with Gasteiger partial charge in [0.15, 0.2) is 0 Å². The van der Waals surface area contributed by atoms with Crippen molar-refractivity contribution < 1.29 is 26.3 Å². The molecule has 0 amide bonds. The van der Waals surface area contributed by atoms with Crippen LogP contribution in [-0.2, 0) is 22.7 Å². The molecule has 0 saturated heterocycles. The average molecular weight is 1360 g/mol. The molecule has 0 nitrogen and oxygen atoms in total. The van der Waals surface area contributed by atoms with Crippen LogP contribution in [0.5, 0.6) is 0 Å². The van der Waals surface area contributed by atoms with E-state index in [0.717, 1.165) is 30.7 Å². The van der Waals surface area contributed by atoms with Crippen LogP contribution in [0.15, 0.2) is 291 Å². The summed E-state index contributed by atoms with van der Waals surface area (Å²) >= 11 is 0. The molecule has 1 aliphatic carbocycles. The van der Waals surface area contributed by atoms with Crippen molar-refractivity contribution in [3.05, 3.63) is 414 Å². The standard InChI is InChI=1S/C27H22.C17H14F6.C17H20.C15H16.2C8H10.3CH4/c1-19-11-15-21(16-12-19)27(22-17-13-20(2)14-18-22)25-9-5-3-7-23(25)24-8-4-6-10-26(24)27;1-11-3-7-13(8-4-11)15(16(18,19)20,17(21,22)23)14-9-5-12(2)6-10-14;1-13-5-9-15(10-6-13)17(3,4)16-11-7-14(2)8-12-16;1-12-3-7-14(8-4-12)11-15-9-5-13(2)6-10-15;1-7-3-5-8(2)6-4-7;1-7-4-3-5-8(2)6-7;;;/h3-18H,1-2H3;3-10H,1-2H3;5-12H,1-4H3;3-10H,11H2,1-2H3;2*3-6H,1-2H3;3*1H4. The quantitative estimate of drug-likeness (QED) is 0.133. The number of aryl methyl sites for hydroxylation is 12. The summed E-state index contributed by atoms with van der Waals surface area (Å²) in [6, 6.07) is 96.5. The van der Waals surface area contributed by atoms with Gasteiger partial charge in [0.25, 0.3) is 0 Å². The van der Waals surface area contributed by atoms with E-state index in [1.54, 1.807) is 13.8 Å². The zero-order chi connectivity index (χ0) is 71.0. The van der Waals surface area contributed by atoms with E-state index in [9.17, 15) is 26.3 Å². The van der Waals surface area contributed by atoms with E-state index in [4.69, 9.17) is 0 Å². The predicted octanol–water partition coefficient (Wildman–Crippen LogP) is 27.4. The van der Waals surface area contributed by atoms with Crippen molar-refractivity contribution in [2.45, 2.75) is 154 Å². The Balaban J connectivity index is 0.000000227. The summed E-state index contributed by atoms with van der Waals surface area (Å²) < 4.78 is 82.3. The summed E-state index contributed by atoms with van der Waals surface area (Å²) in [4.78, 5) is 0. The van der Waals surface area contributed by atoms with Gasteiger partial charge in [0, 0.05) is 5.41 Å². The molecule has 101 heavy (non-hydrogen) atoms. The van der Waals surface area contributed by atoms with Crippen LogP contribution in [0.1, 0.15) is 159 Å². The Morgan fingerprint density at radius 3 is 0.723 bits per heavy atom. The summed E-state index contributed by atoms with van der Waals surface area (Å²) in [6.07, 6.45) is -10.0. The van der Waals surface area contributed by atoms with Crippen LogP contribution < -0.4 is 0 Å². The molecule has 0 aromatic heterocycles. The van der Waals surface area contributed by atoms with Crippen molar-refractivity contribution >= 4 is 0 Å². The highest BCUT2D eigenvalue weighted by molar-refractivity contribution is 5.86. The van der Waals surface area contributed by atoms with Crippen molar-refractivity contribution in [2.75, 3.05) is 0 Å². The van der Waals surface area contributed by atoms with Crippen LogP contribution in [0.4, 0.5) is 26.3 Å². The van der Waals surface area contributed by atoms with Crippen LogP contribution in [0.2, 0.25) is 0 Å². The van der Waals surface area contributed by atoms with E-state index in [1.165, 1.54) is 136 Å². The molecule has 0 atom stereocenters. The Hall–Kier alpha value is -9.78. The fourth-order valence-electron chi connectivity index (χ4n) is 12.4. The third-order valence-corrected chi connectivity index (χ3v) is 18.3. The maximum absolute atomic E-state index is 13.7. The smallest absolute Gasteiger partial charge is 0.169 e. The van der Waals surface area contributed by atoms with Crippen molar-refractivity contribution in [1.82, 2.24) is 0 Å². The molecule has 0 fully saturated rings. The number of benzene rings is 12. The third-order valence-electron chi connectivity index (χ3n) is 18.3. The van der Waals surface area contributed by atoms with Gasteiger partial charge in [0.2, 0.25) is 5.41 Å². The Kier molecular flexibility index (Phi) is 29.2. The van der Waals surface area contributed by atoms with E-state index >= 15 is 0 Å². The van der Waals surface area contributed by atoms with Gasteiger partial charge in [-0.3, -0.25) is 0 Å². The number of fused-ring (bicyclic) bond motifs is 3. The second-order valence-electron chi connectivity index (χ2n) is 26.9. The van der Waals surface area contributed by atoms with E-state index < -0.39 is 28.9 Å². The van der Waals surface area contributed by atoms with Gasteiger partial charge in [-0.1, -0.05) is 394 Å². The molecular formula is C95H104F6. The van der Waals surface area contributed by atoms with Crippen molar-refractivity contribution in [3.63, 3.8) is 0 Å². The molecule has 12 aromatic rings. The molecule has 1 aliphatic rings. The summed E-state index contributed by atoms with van der Waals surface area (Å²) in [5, 5.41) is 0. The summed E-state index contributed by atoms with van der Waals surface area (Å²) in [5.74, 6) is 0. The van der Waals surface area contributed by atoms with Gasteiger partial charge in [-0.05, 0) is 156 Å². The minimum absolute atomic E-state index is 0. The molecule has 12 aromatic carbocycles. The molecular weight excluding hydrogens is 1260 g/mol. The largest absolute Gasteiger partial charge is 0.411 e. The second-order valence-corrected chi connectivity index (χ2v) is 26.9. The van der Waals surface area contributed by atoms with Crippen LogP contribution in [-0.4, -0.2) is 12.4 Å². The van der Waals surface area contributed by atoms with Gasteiger partial charge >= 0.3 is 12.4 Å². The Morgan fingerprint density at radius 2 is 0.475 bits per heavy atom. The van der Waals surface area contributed by atoms with Crippen molar-refractivity contribution in [3.8, 4) is 11.1 Å². The van der Waals surface area contributed by atoms with Gasteiger partial charge < -0.3 is 0 Å². The molecule has 13 rings (SSSR count). The van der Waals surface area contributed by atoms with Gasteiger partial charge in [-0.2, -0.15) is 26.3 Å². The fourth-order valence-corrected chi connectivity index (χ4v) is 12.4. The molecule has 0 aliphatic heterocycles. The molecule has 0 unspecified atom stereocenters. The molecule has 6 heteroatoms. The number of hydrogen-bond acceptors (Lipinski definition) is 0. The SMILES string of the molecule is C.C.C.Cc1ccc(C(C)(C)c2ccc(C)cc2)cc1.Cc1ccc(C(c2ccc(C)cc2)(C(F)(F)F)C(F)(F)F)cc1.Cc1ccc(C)cc1.Cc1ccc(C2(c3ccc(C)cc3)c3ccccc3-c3ccccc32)cc1.Cc1ccc(Cc2ccc(C)cc2)cc1.Cc1cccc(C)c1. The summed E-state index contributed by atoms with van der Waals surface area (Å²) in [6.45, 7) is 29.0. The molecule has 0 N–H and O–H groups in total. The van der Waals surface area contributed by atoms with Crippen LogP contribution in [0.3, 0.4) is 0 Å². The van der Waals surface area contributed by atoms with Crippen LogP contribution >= 0.6 is 0 Å². The van der Waals surface area contributed by atoms with E-state index in [2.05, 4.69) is 326 Å². The van der Waals surface area contributed by atoms with E-state index in [1.807, 2.05) is 0 Å². The highest BCUT2D eigenvalue weighted by Gasteiger charge is 2.72. The highest BCUT2D eigenvalue weighted by atomic mass is 19.4. The maximum Gasteiger partial charge on any atom is 0.411 e. The van der Waals surface area contributed by atoms with E-state index in [0.29, 0.717) is 11.1 Å². The minimum atomic E-state index is -5.53. The lowest BCUT2D eigenvalue weighted by Gasteiger charge is -2.38. The summed E-state index contributed by atoms with van der Waals surface area (Å²) in [7, 11) is 0. The van der Waals surface area contributed by atoms with E-state index in [-0.39, 0.29) is 33.1 Å². The first-order chi connectivity index (χ1) is 46.5. The number of rotatable bonds is 8. The third kappa shape index (κ3) is 20.2. The van der Waals surface area contributed by atoms with Crippen LogP contribution in [0, 0.1) is 83.1 Å². The van der Waals surface area contributed by atoms with Gasteiger partial charge in [0.1, 0.15) is 0 Å². The maximum atomic E-state index is 13.7. The highest BCUT2D eigenvalue weighted by Crippen LogP contribution is 2.57. The molecule has 0 bridgehead atoms. The van der Waals surface area contributed by atoms with Gasteiger partial charge in [0.05, 0.1) is 5.41 Å². The van der Waals surface area contributed by atoms with Crippen molar-refractivity contribution in [1.29, 1.82) is 0 Å². The van der Waals surface area contributed by atoms with Gasteiger partial charge in [-0.15, -0.1) is 0 Å². The molecule has 526 valence electrons. The predicted molar refractivity (Wildman–Crippen MR) is 420 cm³/mol. The first-order valence-electron chi connectivity index (χ1n) is 33.5. The second kappa shape index (κ2) is 36.0. The zero-order valence-corrected chi connectivity index (χ0v) is 59.2. The molecule has 0 heterocycles. The zero-order valence-electron chi connectivity index (χ0n) is 59.2. The number of alkyl halides is 6. The molecule has 0 radical (unpaired) electrons. The first-order valence-corrected chi connectivity index (χ1v) is 33.5. The topological polar surface area (TPSA) is 0 Å². The van der Waals surface area contributed by atoms with Gasteiger partial charge in [-0.25, -0.2) is 0 Å². The molecule has 0 saturated carbocycles. The lowest BCUT2D eigenvalue weighted by Crippen LogP contribution is -2.54. The normalized spacial score (nSPS) is 11.6. The Bertz CT molecular complexity index is 4160. The first kappa shape index (κ1) is 81.9.